The van der Waals surface area contributed by atoms with Crippen LogP contribution in [-0.2, 0) is 9.53 Å². The molecule has 0 spiro atoms. The Labute approximate surface area is 154 Å². The van der Waals surface area contributed by atoms with Crippen molar-refractivity contribution in [2.75, 3.05) is 23.8 Å². The molecule has 0 aromatic heterocycles. The smallest absolute Gasteiger partial charge is 0.338 e. The molecule has 0 saturated heterocycles. The largest absolute Gasteiger partial charge is 0.462 e. The highest BCUT2D eigenvalue weighted by Gasteiger charge is 2.09. The third kappa shape index (κ3) is 5.62. The summed E-state index contributed by atoms with van der Waals surface area (Å²) in [6, 6.07) is 12.8. The number of esters is 1. The van der Waals surface area contributed by atoms with Gasteiger partial charge in [0.15, 0.2) is 0 Å². The molecule has 0 heterocycles. The second-order valence-corrected chi connectivity index (χ2v) is 6.24. The van der Waals surface area contributed by atoms with E-state index in [0.717, 1.165) is 35.3 Å². The Morgan fingerprint density at radius 3 is 2.27 bits per heavy atom. The van der Waals surface area contributed by atoms with Gasteiger partial charge in [0.25, 0.3) is 0 Å². The zero-order chi connectivity index (χ0) is 18.9. The minimum absolute atomic E-state index is 0.120. The van der Waals surface area contributed by atoms with Crippen LogP contribution in [0.4, 0.5) is 11.4 Å². The second kappa shape index (κ2) is 9.61. The van der Waals surface area contributed by atoms with Gasteiger partial charge in [-0.3, -0.25) is 4.79 Å². The number of rotatable bonds is 8. The molecule has 1 amide bonds. The number of ether oxygens (including phenoxy) is 1. The molecule has 0 aliphatic carbocycles. The van der Waals surface area contributed by atoms with Crippen LogP contribution in [0.3, 0.4) is 0 Å². The van der Waals surface area contributed by atoms with Gasteiger partial charge in [0.05, 0.1) is 18.7 Å². The summed E-state index contributed by atoms with van der Waals surface area (Å²) in [7, 11) is 0. The molecule has 0 saturated carbocycles. The van der Waals surface area contributed by atoms with Crippen LogP contribution in [0.2, 0.25) is 0 Å². The van der Waals surface area contributed by atoms with Crippen LogP contribution in [0.15, 0.2) is 42.5 Å². The third-order valence-electron chi connectivity index (χ3n) is 4.05. The minimum atomic E-state index is -0.322. The zero-order valence-electron chi connectivity index (χ0n) is 15.6. The van der Waals surface area contributed by atoms with Gasteiger partial charge in [-0.05, 0) is 55.7 Å². The molecule has 5 nitrogen and oxygen atoms in total. The molecular formula is C21H26N2O3. The number of unbranched alkanes of at least 4 members (excludes halogenated alkanes) is 1. The van der Waals surface area contributed by atoms with Gasteiger partial charge in [0.1, 0.15) is 0 Å². The van der Waals surface area contributed by atoms with Crippen molar-refractivity contribution in [3.63, 3.8) is 0 Å². The molecule has 0 unspecified atom stereocenters. The summed E-state index contributed by atoms with van der Waals surface area (Å²) in [4.78, 5) is 24.0. The SMILES string of the molecule is CCCCOC(=O)c1ccc(NCC(=O)Nc2c(C)cccc2C)cc1. The van der Waals surface area contributed by atoms with Crippen LogP contribution in [0.25, 0.3) is 0 Å². The van der Waals surface area contributed by atoms with Crippen molar-refractivity contribution in [2.24, 2.45) is 0 Å². The highest BCUT2D eigenvalue weighted by Crippen LogP contribution is 2.19. The Bertz CT molecular complexity index is 734. The molecule has 2 N–H and O–H groups in total. The van der Waals surface area contributed by atoms with E-state index >= 15 is 0 Å². The van der Waals surface area contributed by atoms with Gasteiger partial charge in [-0.1, -0.05) is 31.5 Å². The molecular weight excluding hydrogens is 328 g/mol. The van der Waals surface area contributed by atoms with E-state index in [2.05, 4.69) is 10.6 Å². The lowest BCUT2D eigenvalue weighted by atomic mass is 10.1. The van der Waals surface area contributed by atoms with Gasteiger partial charge in [-0.15, -0.1) is 0 Å². The topological polar surface area (TPSA) is 67.4 Å². The summed E-state index contributed by atoms with van der Waals surface area (Å²) in [5, 5.41) is 5.99. The predicted molar refractivity (Wildman–Crippen MR) is 105 cm³/mol. The third-order valence-corrected chi connectivity index (χ3v) is 4.05. The monoisotopic (exact) mass is 354 g/mol. The number of hydrogen-bond acceptors (Lipinski definition) is 4. The molecule has 0 radical (unpaired) electrons. The van der Waals surface area contributed by atoms with E-state index in [1.54, 1.807) is 24.3 Å². The highest BCUT2D eigenvalue weighted by atomic mass is 16.5. The normalized spacial score (nSPS) is 10.3. The summed E-state index contributed by atoms with van der Waals surface area (Å²) in [5.41, 5.74) is 4.19. The number of amides is 1. The first kappa shape index (κ1) is 19.5. The molecule has 0 aliphatic heterocycles. The van der Waals surface area contributed by atoms with Crippen molar-refractivity contribution in [1.82, 2.24) is 0 Å². The summed E-state index contributed by atoms with van der Waals surface area (Å²) in [6.45, 7) is 6.56. The first-order valence-corrected chi connectivity index (χ1v) is 8.88. The highest BCUT2D eigenvalue weighted by molar-refractivity contribution is 5.95. The van der Waals surface area contributed by atoms with Crippen LogP contribution in [-0.4, -0.2) is 25.0 Å². The Morgan fingerprint density at radius 1 is 1.00 bits per heavy atom. The van der Waals surface area contributed by atoms with E-state index < -0.39 is 0 Å². The van der Waals surface area contributed by atoms with Crippen LogP contribution in [0, 0.1) is 13.8 Å². The van der Waals surface area contributed by atoms with Crippen molar-refractivity contribution in [3.05, 3.63) is 59.2 Å². The average Bonchev–Trinajstić information content (AvgIpc) is 2.64. The molecule has 26 heavy (non-hydrogen) atoms. The van der Waals surface area contributed by atoms with Crippen LogP contribution in [0.1, 0.15) is 41.3 Å². The minimum Gasteiger partial charge on any atom is -0.462 e. The van der Waals surface area contributed by atoms with Crippen molar-refractivity contribution in [3.8, 4) is 0 Å². The van der Waals surface area contributed by atoms with Crippen LogP contribution < -0.4 is 10.6 Å². The van der Waals surface area contributed by atoms with E-state index in [4.69, 9.17) is 4.74 Å². The van der Waals surface area contributed by atoms with Gasteiger partial charge in [0, 0.05) is 11.4 Å². The average molecular weight is 354 g/mol. The van der Waals surface area contributed by atoms with Crippen LogP contribution in [0.5, 0.6) is 0 Å². The number of benzene rings is 2. The van der Waals surface area contributed by atoms with Gasteiger partial charge in [0.2, 0.25) is 5.91 Å². The Balaban J connectivity index is 1.85. The number of carbonyl (C=O) groups excluding carboxylic acids is 2. The molecule has 0 atom stereocenters. The molecule has 0 aliphatic rings. The maximum absolute atomic E-state index is 12.2. The fourth-order valence-corrected chi connectivity index (χ4v) is 2.49. The van der Waals surface area contributed by atoms with E-state index in [1.165, 1.54) is 0 Å². The summed E-state index contributed by atoms with van der Waals surface area (Å²) < 4.78 is 5.17. The molecule has 5 heteroatoms. The van der Waals surface area contributed by atoms with Gasteiger partial charge < -0.3 is 15.4 Å². The number of para-hydroxylation sites is 1. The fourth-order valence-electron chi connectivity index (χ4n) is 2.49. The zero-order valence-corrected chi connectivity index (χ0v) is 15.6. The van der Waals surface area contributed by atoms with Crippen molar-refractivity contribution >= 4 is 23.3 Å². The number of carbonyl (C=O) groups is 2. The number of hydrogen-bond donors (Lipinski definition) is 2. The van der Waals surface area contributed by atoms with E-state index in [0.29, 0.717) is 12.2 Å². The summed E-state index contributed by atoms with van der Waals surface area (Å²) >= 11 is 0. The van der Waals surface area contributed by atoms with Crippen molar-refractivity contribution in [1.29, 1.82) is 0 Å². The number of anilines is 2. The predicted octanol–water partition coefficient (Wildman–Crippen LogP) is 4.31. The van der Waals surface area contributed by atoms with Crippen LogP contribution >= 0.6 is 0 Å². The first-order valence-electron chi connectivity index (χ1n) is 8.88. The second-order valence-electron chi connectivity index (χ2n) is 6.24. The quantitative estimate of drug-likeness (QED) is 0.547. The maximum atomic E-state index is 12.2. The maximum Gasteiger partial charge on any atom is 0.338 e. The Kier molecular flexibility index (Phi) is 7.21. The molecule has 2 aromatic rings. The molecule has 2 rings (SSSR count). The number of nitrogens with one attached hydrogen (secondary N) is 2. The molecule has 0 bridgehead atoms. The summed E-state index contributed by atoms with van der Waals surface area (Å²) in [5.74, 6) is -0.441. The van der Waals surface area contributed by atoms with Crippen molar-refractivity contribution < 1.29 is 14.3 Å². The Morgan fingerprint density at radius 2 is 1.65 bits per heavy atom. The fraction of sp³-hybridized carbons (Fsp3) is 0.333. The van der Waals surface area contributed by atoms with E-state index in [9.17, 15) is 9.59 Å². The van der Waals surface area contributed by atoms with Gasteiger partial charge in [-0.2, -0.15) is 0 Å². The first-order chi connectivity index (χ1) is 12.5. The Hall–Kier alpha value is -2.82. The lowest BCUT2D eigenvalue weighted by Crippen LogP contribution is -2.22. The summed E-state index contributed by atoms with van der Waals surface area (Å²) in [6.07, 6.45) is 1.85. The standard InChI is InChI=1S/C21H26N2O3/c1-4-5-13-26-21(25)17-9-11-18(12-10-17)22-14-19(24)23-20-15(2)7-6-8-16(20)3/h6-12,22H,4-5,13-14H2,1-3H3,(H,23,24). The van der Waals surface area contributed by atoms with E-state index in [1.807, 2.05) is 39.0 Å². The molecule has 2 aromatic carbocycles. The van der Waals surface area contributed by atoms with Gasteiger partial charge >= 0.3 is 5.97 Å². The molecule has 0 fully saturated rings. The van der Waals surface area contributed by atoms with Gasteiger partial charge in [-0.25, -0.2) is 4.79 Å². The van der Waals surface area contributed by atoms with Crippen molar-refractivity contribution in [2.45, 2.75) is 33.6 Å². The van der Waals surface area contributed by atoms with E-state index in [-0.39, 0.29) is 18.4 Å². The molecule has 138 valence electrons. The lowest BCUT2D eigenvalue weighted by molar-refractivity contribution is -0.114. The lowest BCUT2D eigenvalue weighted by Gasteiger charge is -2.12. The number of aryl methyl sites for hydroxylation is 2.